The average molecular weight is 408 g/mol. The molecule has 2 aromatic rings. The van der Waals surface area contributed by atoms with E-state index < -0.39 is 0 Å². The number of likely N-dealkylation sites (tertiary alicyclic amines) is 2. The van der Waals surface area contributed by atoms with Gasteiger partial charge in [-0.15, -0.1) is 24.8 Å². The molecule has 2 fully saturated rings. The highest BCUT2D eigenvalue weighted by Crippen LogP contribution is 2.44. The van der Waals surface area contributed by atoms with E-state index in [2.05, 4.69) is 53.0 Å². The molecule has 0 aliphatic carbocycles. The van der Waals surface area contributed by atoms with Crippen LogP contribution in [-0.4, -0.2) is 47.4 Å². The highest BCUT2D eigenvalue weighted by molar-refractivity contribution is 5.85. The van der Waals surface area contributed by atoms with Crippen LogP contribution in [0.4, 0.5) is 0 Å². The monoisotopic (exact) mass is 407 g/mol. The van der Waals surface area contributed by atoms with Crippen LogP contribution in [0.2, 0.25) is 0 Å². The smallest absolute Gasteiger partial charge is 0.227 e. The van der Waals surface area contributed by atoms with Gasteiger partial charge in [0.25, 0.3) is 0 Å². The number of pyridine rings is 1. The molecule has 4 rings (SSSR count). The van der Waals surface area contributed by atoms with E-state index in [1.54, 1.807) is 12.4 Å². The first-order chi connectivity index (χ1) is 12.1. The van der Waals surface area contributed by atoms with Crippen molar-refractivity contribution in [2.24, 2.45) is 11.8 Å². The standard InChI is InChI=1S/C21H25N3O.2ClH/c1-15-5-3-4-6-18(15)21-19-14-24(13-17(19)12-23(21)2)20(25)11-16-7-9-22-10-8-16;;/h3-10,17,19,21H,11-14H2,1-2H3;2*1H/t17-,19+,21-;;/m0../s1. The number of carbonyl (C=O) groups is 1. The number of amides is 1. The number of hydrogen-bond acceptors (Lipinski definition) is 3. The van der Waals surface area contributed by atoms with Crippen molar-refractivity contribution < 1.29 is 4.79 Å². The van der Waals surface area contributed by atoms with Crippen molar-refractivity contribution >= 4 is 30.7 Å². The van der Waals surface area contributed by atoms with Crippen LogP contribution >= 0.6 is 24.8 Å². The Morgan fingerprint density at radius 2 is 1.78 bits per heavy atom. The first-order valence-electron chi connectivity index (χ1n) is 9.06. The molecule has 2 aliphatic rings. The molecule has 1 aromatic carbocycles. The van der Waals surface area contributed by atoms with Gasteiger partial charge in [0, 0.05) is 44.0 Å². The fraction of sp³-hybridized carbons (Fsp3) is 0.429. The van der Waals surface area contributed by atoms with Gasteiger partial charge in [-0.25, -0.2) is 0 Å². The van der Waals surface area contributed by atoms with E-state index >= 15 is 0 Å². The quantitative estimate of drug-likeness (QED) is 0.780. The Hall–Kier alpha value is -1.62. The Morgan fingerprint density at radius 1 is 1.07 bits per heavy atom. The van der Waals surface area contributed by atoms with Crippen LogP contribution in [0.5, 0.6) is 0 Å². The lowest BCUT2D eigenvalue weighted by molar-refractivity contribution is -0.129. The van der Waals surface area contributed by atoms with Crippen LogP contribution in [0.15, 0.2) is 48.8 Å². The minimum Gasteiger partial charge on any atom is -0.342 e. The summed E-state index contributed by atoms with van der Waals surface area (Å²) in [6, 6.07) is 13.0. The van der Waals surface area contributed by atoms with E-state index in [1.807, 2.05) is 12.1 Å². The van der Waals surface area contributed by atoms with Crippen LogP contribution in [0, 0.1) is 18.8 Å². The van der Waals surface area contributed by atoms with E-state index in [4.69, 9.17) is 0 Å². The number of benzene rings is 1. The fourth-order valence-electron chi connectivity index (χ4n) is 4.64. The summed E-state index contributed by atoms with van der Waals surface area (Å²) in [6.07, 6.45) is 3.99. The minimum atomic E-state index is 0. The van der Waals surface area contributed by atoms with E-state index in [1.165, 1.54) is 11.1 Å². The number of carbonyl (C=O) groups excluding carboxylic acids is 1. The third-order valence-corrected chi connectivity index (χ3v) is 5.86. The molecule has 0 unspecified atom stereocenters. The first kappa shape index (κ1) is 21.7. The molecule has 2 saturated heterocycles. The van der Waals surface area contributed by atoms with Gasteiger partial charge in [0.15, 0.2) is 0 Å². The van der Waals surface area contributed by atoms with Gasteiger partial charge >= 0.3 is 0 Å². The first-order valence-corrected chi connectivity index (χ1v) is 9.06. The molecule has 0 spiro atoms. The molecular formula is C21H27Cl2N3O. The summed E-state index contributed by atoms with van der Waals surface area (Å²) in [7, 11) is 2.22. The Kier molecular flexibility index (Phi) is 7.26. The fourth-order valence-corrected chi connectivity index (χ4v) is 4.64. The maximum Gasteiger partial charge on any atom is 0.227 e. The Morgan fingerprint density at radius 3 is 2.48 bits per heavy atom. The zero-order valence-electron chi connectivity index (χ0n) is 15.7. The van der Waals surface area contributed by atoms with Crippen LogP contribution in [0.3, 0.4) is 0 Å². The van der Waals surface area contributed by atoms with Crippen molar-refractivity contribution in [3.63, 3.8) is 0 Å². The van der Waals surface area contributed by atoms with Gasteiger partial charge in [0.05, 0.1) is 6.42 Å². The lowest BCUT2D eigenvalue weighted by atomic mass is 9.88. The zero-order chi connectivity index (χ0) is 17.4. The van der Waals surface area contributed by atoms with Crippen LogP contribution in [-0.2, 0) is 11.2 Å². The van der Waals surface area contributed by atoms with Gasteiger partial charge in [-0.3, -0.25) is 14.7 Å². The summed E-state index contributed by atoms with van der Waals surface area (Å²) in [4.78, 5) is 21.3. The largest absolute Gasteiger partial charge is 0.342 e. The van der Waals surface area contributed by atoms with Crippen LogP contribution < -0.4 is 0 Å². The molecule has 6 heteroatoms. The van der Waals surface area contributed by atoms with Crippen molar-refractivity contribution in [3.05, 3.63) is 65.5 Å². The van der Waals surface area contributed by atoms with Crippen molar-refractivity contribution in [1.82, 2.24) is 14.8 Å². The lowest BCUT2D eigenvalue weighted by Gasteiger charge is -2.28. The number of hydrogen-bond donors (Lipinski definition) is 0. The molecule has 27 heavy (non-hydrogen) atoms. The number of halogens is 2. The van der Waals surface area contributed by atoms with Gasteiger partial charge in [-0.1, -0.05) is 24.3 Å². The second-order valence-electron chi connectivity index (χ2n) is 7.50. The van der Waals surface area contributed by atoms with Crippen molar-refractivity contribution in [2.45, 2.75) is 19.4 Å². The molecule has 2 aliphatic heterocycles. The summed E-state index contributed by atoms with van der Waals surface area (Å²) >= 11 is 0. The summed E-state index contributed by atoms with van der Waals surface area (Å²) in [6.45, 7) is 5.03. The third-order valence-electron chi connectivity index (χ3n) is 5.86. The van der Waals surface area contributed by atoms with E-state index in [9.17, 15) is 4.79 Å². The molecule has 146 valence electrons. The Balaban J connectivity index is 0.00000131. The van der Waals surface area contributed by atoms with Crippen molar-refractivity contribution in [2.75, 3.05) is 26.7 Å². The summed E-state index contributed by atoms with van der Waals surface area (Å²) in [5.41, 5.74) is 3.81. The Bertz CT molecular complexity index is 771. The number of aryl methyl sites for hydroxylation is 1. The molecule has 0 bridgehead atoms. The Labute approximate surface area is 173 Å². The van der Waals surface area contributed by atoms with Gasteiger partial charge in [-0.2, -0.15) is 0 Å². The van der Waals surface area contributed by atoms with Crippen molar-refractivity contribution in [3.8, 4) is 0 Å². The second-order valence-corrected chi connectivity index (χ2v) is 7.50. The molecule has 0 N–H and O–H groups in total. The molecule has 3 atom stereocenters. The normalized spacial score (nSPS) is 24.1. The predicted octanol–water partition coefficient (Wildman–Crippen LogP) is 3.54. The summed E-state index contributed by atoms with van der Waals surface area (Å²) in [5.74, 6) is 1.36. The molecule has 1 amide bonds. The van der Waals surface area contributed by atoms with Crippen LogP contribution in [0.1, 0.15) is 22.7 Å². The molecule has 4 nitrogen and oxygen atoms in total. The van der Waals surface area contributed by atoms with Gasteiger partial charge in [-0.05, 0) is 48.7 Å². The maximum atomic E-state index is 12.7. The SMILES string of the molecule is Cc1ccccc1[C@H]1[C@@H]2CN(C(=O)Cc3ccncc3)C[C@@H]2CN1C.Cl.Cl. The predicted molar refractivity (Wildman–Crippen MR) is 113 cm³/mol. The van der Waals surface area contributed by atoms with E-state index in [0.29, 0.717) is 24.3 Å². The van der Waals surface area contributed by atoms with E-state index in [0.717, 1.165) is 25.2 Å². The average Bonchev–Trinajstić information content (AvgIpc) is 3.13. The lowest BCUT2D eigenvalue weighted by Crippen LogP contribution is -2.34. The third kappa shape index (κ3) is 4.29. The molecule has 0 radical (unpaired) electrons. The maximum absolute atomic E-state index is 12.7. The number of nitrogens with zero attached hydrogens (tertiary/aromatic N) is 3. The van der Waals surface area contributed by atoms with E-state index in [-0.39, 0.29) is 30.7 Å². The zero-order valence-corrected chi connectivity index (χ0v) is 17.4. The highest BCUT2D eigenvalue weighted by Gasteiger charge is 2.47. The summed E-state index contributed by atoms with van der Waals surface area (Å²) < 4.78 is 0. The molecule has 1 aromatic heterocycles. The molecular weight excluding hydrogens is 381 g/mol. The number of fused-ring (bicyclic) bond motifs is 1. The topological polar surface area (TPSA) is 36.4 Å². The molecule has 3 heterocycles. The van der Waals surface area contributed by atoms with Gasteiger partial charge < -0.3 is 4.90 Å². The van der Waals surface area contributed by atoms with Gasteiger partial charge in [0.1, 0.15) is 0 Å². The van der Waals surface area contributed by atoms with Crippen LogP contribution in [0.25, 0.3) is 0 Å². The minimum absolute atomic E-state index is 0. The number of rotatable bonds is 3. The highest BCUT2D eigenvalue weighted by atomic mass is 35.5. The number of aromatic nitrogens is 1. The van der Waals surface area contributed by atoms with Gasteiger partial charge in [0.2, 0.25) is 5.91 Å². The molecule has 0 saturated carbocycles. The summed E-state index contributed by atoms with van der Waals surface area (Å²) in [5, 5.41) is 0. The van der Waals surface area contributed by atoms with Crippen molar-refractivity contribution in [1.29, 1.82) is 0 Å². The second kappa shape index (κ2) is 9.05.